The van der Waals surface area contributed by atoms with Gasteiger partial charge < -0.3 is 15.5 Å². The van der Waals surface area contributed by atoms with Crippen molar-refractivity contribution in [3.8, 4) is 0 Å². The first-order chi connectivity index (χ1) is 10.6. The number of carbonyl (C=O) groups is 1. The molecule has 2 fully saturated rings. The summed E-state index contributed by atoms with van der Waals surface area (Å²) >= 11 is 2.07. The predicted molar refractivity (Wildman–Crippen MR) is 110 cm³/mol. The van der Waals surface area contributed by atoms with Crippen LogP contribution in [0.4, 0.5) is 0 Å². The molecule has 2 aliphatic rings. The quantitative estimate of drug-likeness (QED) is 0.280. The first-order valence-electron chi connectivity index (χ1n) is 8.54. The van der Waals surface area contributed by atoms with Gasteiger partial charge in [0.25, 0.3) is 0 Å². The molecule has 0 aromatic carbocycles. The molecule has 7 heteroatoms. The minimum absolute atomic E-state index is 0. The minimum Gasteiger partial charge on any atom is -0.357 e. The lowest BCUT2D eigenvalue weighted by Gasteiger charge is -2.36. The van der Waals surface area contributed by atoms with E-state index >= 15 is 0 Å². The molecule has 1 aliphatic carbocycles. The van der Waals surface area contributed by atoms with Gasteiger partial charge in [-0.1, -0.05) is 13.8 Å². The Morgan fingerprint density at radius 3 is 2.70 bits per heavy atom. The van der Waals surface area contributed by atoms with Crippen molar-refractivity contribution in [2.24, 2.45) is 16.8 Å². The Hall–Kier alpha value is -0.180. The van der Waals surface area contributed by atoms with Crippen LogP contribution in [0.2, 0.25) is 0 Å². The molecule has 0 bridgehead atoms. The highest BCUT2D eigenvalue weighted by atomic mass is 127. The van der Waals surface area contributed by atoms with Gasteiger partial charge >= 0.3 is 0 Å². The lowest BCUT2D eigenvalue weighted by molar-refractivity contribution is -0.122. The standard InChI is InChI=1S/C16H30N4OS.HI/c1-4-17-16(19-8-7-18-15(21)13-5-6-13)20-9-10-22-14(11-20)12(2)3;/h12-14H,4-11H2,1-3H3,(H,17,19)(H,18,21);1H. The number of amides is 1. The fourth-order valence-electron chi connectivity index (χ4n) is 2.53. The summed E-state index contributed by atoms with van der Waals surface area (Å²) in [6.07, 6.45) is 2.11. The van der Waals surface area contributed by atoms with Crippen LogP contribution in [-0.2, 0) is 4.79 Å². The summed E-state index contributed by atoms with van der Waals surface area (Å²) in [7, 11) is 0. The van der Waals surface area contributed by atoms with Crippen molar-refractivity contribution < 1.29 is 4.79 Å². The number of nitrogens with one attached hydrogen (secondary N) is 2. The molecule has 1 amide bonds. The molecular weight excluding hydrogens is 423 g/mol. The van der Waals surface area contributed by atoms with Gasteiger partial charge in [0, 0.05) is 43.1 Å². The van der Waals surface area contributed by atoms with Gasteiger partial charge in [-0.25, -0.2) is 0 Å². The van der Waals surface area contributed by atoms with Crippen LogP contribution in [0.25, 0.3) is 0 Å². The number of carbonyl (C=O) groups excluding carboxylic acids is 1. The van der Waals surface area contributed by atoms with Gasteiger partial charge in [-0.15, -0.1) is 24.0 Å². The van der Waals surface area contributed by atoms with Crippen LogP contribution in [0.3, 0.4) is 0 Å². The van der Waals surface area contributed by atoms with Crippen molar-refractivity contribution in [2.75, 3.05) is 38.5 Å². The van der Waals surface area contributed by atoms with Gasteiger partial charge in [-0.2, -0.15) is 11.8 Å². The third kappa shape index (κ3) is 7.07. The van der Waals surface area contributed by atoms with Crippen molar-refractivity contribution in [2.45, 2.75) is 38.9 Å². The van der Waals surface area contributed by atoms with E-state index in [0.29, 0.717) is 24.3 Å². The van der Waals surface area contributed by atoms with Crippen LogP contribution in [0.1, 0.15) is 33.6 Å². The highest BCUT2D eigenvalue weighted by molar-refractivity contribution is 14.0. The number of hydrogen-bond acceptors (Lipinski definition) is 3. The Morgan fingerprint density at radius 2 is 2.09 bits per heavy atom. The van der Waals surface area contributed by atoms with Gasteiger partial charge in [-0.05, 0) is 25.7 Å². The summed E-state index contributed by atoms with van der Waals surface area (Å²) in [6.45, 7) is 11.0. The molecule has 134 valence electrons. The van der Waals surface area contributed by atoms with Gasteiger partial charge in [0.1, 0.15) is 0 Å². The molecular formula is C16H31IN4OS. The SMILES string of the molecule is CCNC(=NCCNC(=O)C1CC1)N1CCSC(C(C)C)C1.I. The van der Waals surface area contributed by atoms with E-state index in [4.69, 9.17) is 4.99 Å². The fraction of sp³-hybridized carbons (Fsp3) is 0.875. The van der Waals surface area contributed by atoms with E-state index in [1.807, 2.05) is 0 Å². The van der Waals surface area contributed by atoms with Crippen LogP contribution in [0.5, 0.6) is 0 Å². The smallest absolute Gasteiger partial charge is 0.223 e. The molecule has 1 atom stereocenters. The second-order valence-electron chi connectivity index (χ2n) is 6.40. The molecule has 5 nitrogen and oxygen atoms in total. The Morgan fingerprint density at radius 1 is 1.35 bits per heavy atom. The highest BCUT2D eigenvalue weighted by Gasteiger charge is 2.29. The van der Waals surface area contributed by atoms with Gasteiger partial charge in [0.15, 0.2) is 5.96 Å². The van der Waals surface area contributed by atoms with Gasteiger partial charge in [0.05, 0.1) is 6.54 Å². The molecule has 2 rings (SSSR count). The monoisotopic (exact) mass is 454 g/mol. The average Bonchev–Trinajstić information content (AvgIpc) is 3.35. The van der Waals surface area contributed by atoms with E-state index in [0.717, 1.165) is 44.2 Å². The Bertz CT molecular complexity index is 402. The predicted octanol–water partition coefficient (Wildman–Crippen LogP) is 2.17. The number of aliphatic imine (C=N–C) groups is 1. The molecule has 23 heavy (non-hydrogen) atoms. The van der Waals surface area contributed by atoms with Gasteiger partial charge in [0.2, 0.25) is 5.91 Å². The first kappa shape index (κ1) is 20.9. The lowest BCUT2D eigenvalue weighted by atomic mass is 10.1. The zero-order valence-electron chi connectivity index (χ0n) is 14.5. The molecule has 0 aromatic heterocycles. The molecule has 1 heterocycles. The first-order valence-corrected chi connectivity index (χ1v) is 9.59. The van der Waals surface area contributed by atoms with E-state index in [9.17, 15) is 4.79 Å². The summed E-state index contributed by atoms with van der Waals surface area (Å²) in [4.78, 5) is 18.7. The summed E-state index contributed by atoms with van der Waals surface area (Å²) < 4.78 is 0. The number of thioether (sulfide) groups is 1. The summed E-state index contributed by atoms with van der Waals surface area (Å²) in [5.74, 6) is 3.33. The van der Waals surface area contributed by atoms with Crippen LogP contribution in [0, 0.1) is 11.8 Å². The fourth-order valence-corrected chi connectivity index (χ4v) is 3.83. The zero-order chi connectivity index (χ0) is 15.9. The van der Waals surface area contributed by atoms with Crippen molar-refractivity contribution in [3.63, 3.8) is 0 Å². The Labute approximate surface area is 161 Å². The molecule has 1 unspecified atom stereocenters. The minimum atomic E-state index is 0. The molecule has 0 radical (unpaired) electrons. The molecule has 0 spiro atoms. The number of nitrogens with zero attached hydrogens (tertiary/aromatic N) is 2. The van der Waals surface area contributed by atoms with Crippen LogP contribution in [-0.4, -0.2) is 60.5 Å². The summed E-state index contributed by atoms with van der Waals surface area (Å²) in [6, 6.07) is 0. The lowest BCUT2D eigenvalue weighted by Crippen LogP contribution is -2.49. The number of rotatable bonds is 6. The molecule has 1 saturated carbocycles. The largest absolute Gasteiger partial charge is 0.357 e. The highest BCUT2D eigenvalue weighted by Crippen LogP contribution is 2.28. The topological polar surface area (TPSA) is 56.7 Å². The molecule has 1 aliphatic heterocycles. The maximum atomic E-state index is 11.6. The third-order valence-corrected chi connectivity index (χ3v) is 5.63. The number of guanidine groups is 1. The summed E-state index contributed by atoms with van der Waals surface area (Å²) in [5, 5.41) is 7.04. The molecule has 1 saturated heterocycles. The van der Waals surface area contributed by atoms with E-state index < -0.39 is 0 Å². The number of halogens is 1. The maximum Gasteiger partial charge on any atom is 0.223 e. The molecule has 0 aromatic rings. The normalized spacial score (nSPS) is 21.8. The maximum absolute atomic E-state index is 11.6. The van der Waals surface area contributed by atoms with E-state index in [2.05, 4.69) is 48.1 Å². The Balaban J connectivity index is 0.00000264. The van der Waals surface area contributed by atoms with Crippen molar-refractivity contribution in [1.29, 1.82) is 0 Å². The molecule has 2 N–H and O–H groups in total. The van der Waals surface area contributed by atoms with E-state index in [-0.39, 0.29) is 35.8 Å². The van der Waals surface area contributed by atoms with Crippen LogP contribution >= 0.6 is 35.7 Å². The van der Waals surface area contributed by atoms with E-state index in [1.54, 1.807) is 0 Å². The second kappa shape index (κ2) is 10.6. The van der Waals surface area contributed by atoms with Crippen LogP contribution in [0.15, 0.2) is 4.99 Å². The van der Waals surface area contributed by atoms with Crippen molar-refractivity contribution in [3.05, 3.63) is 0 Å². The second-order valence-corrected chi connectivity index (χ2v) is 7.75. The van der Waals surface area contributed by atoms with Gasteiger partial charge in [-0.3, -0.25) is 9.79 Å². The van der Waals surface area contributed by atoms with E-state index in [1.165, 1.54) is 0 Å². The van der Waals surface area contributed by atoms with Crippen molar-refractivity contribution >= 4 is 47.6 Å². The number of hydrogen-bond donors (Lipinski definition) is 2. The Kier molecular flexibility index (Phi) is 9.65. The third-order valence-electron chi connectivity index (χ3n) is 4.09. The summed E-state index contributed by atoms with van der Waals surface area (Å²) in [5.41, 5.74) is 0. The van der Waals surface area contributed by atoms with Crippen molar-refractivity contribution in [1.82, 2.24) is 15.5 Å². The van der Waals surface area contributed by atoms with Crippen LogP contribution < -0.4 is 10.6 Å². The zero-order valence-corrected chi connectivity index (χ0v) is 17.7. The average molecular weight is 454 g/mol.